The zero-order valence-corrected chi connectivity index (χ0v) is 27.0. The van der Waals surface area contributed by atoms with E-state index in [1.165, 1.54) is 27.2 Å². The summed E-state index contributed by atoms with van der Waals surface area (Å²) >= 11 is 0. The summed E-state index contributed by atoms with van der Waals surface area (Å²) in [6.45, 7) is 20.7. The van der Waals surface area contributed by atoms with Crippen LogP contribution in [-0.2, 0) is 16.6 Å². The van der Waals surface area contributed by atoms with Crippen molar-refractivity contribution in [2.24, 2.45) is 5.41 Å². The second kappa shape index (κ2) is 12.7. The average molecular weight is 568 g/mol. The van der Waals surface area contributed by atoms with Crippen LogP contribution in [-0.4, -0.2) is 51.8 Å². The molecule has 1 aliphatic heterocycles. The highest BCUT2D eigenvalue weighted by Gasteiger charge is 2.43. The highest BCUT2D eigenvalue weighted by molar-refractivity contribution is 5.70. The van der Waals surface area contributed by atoms with Crippen LogP contribution in [0.15, 0.2) is 36.4 Å². The Morgan fingerprint density at radius 2 is 1.56 bits per heavy atom. The number of hydrogen-bond acceptors (Lipinski definition) is 5. The van der Waals surface area contributed by atoms with Crippen molar-refractivity contribution in [1.82, 2.24) is 4.90 Å². The first-order valence-corrected chi connectivity index (χ1v) is 15.2. The Hall–Kier alpha value is -2.57. The van der Waals surface area contributed by atoms with Crippen LogP contribution in [0.4, 0.5) is 4.79 Å². The second-order valence-electron chi connectivity index (χ2n) is 13.9. The summed E-state index contributed by atoms with van der Waals surface area (Å²) < 4.78 is 11.6. The van der Waals surface area contributed by atoms with E-state index in [9.17, 15) is 15.0 Å². The number of amides is 1. The Kier molecular flexibility index (Phi) is 10.2. The Morgan fingerprint density at radius 1 is 0.976 bits per heavy atom. The first-order chi connectivity index (χ1) is 19.0. The first-order valence-electron chi connectivity index (χ1n) is 15.2. The Morgan fingerprint density at radius 3 is 2.05 bits per heavy atom. The molecule has 0 bridgehead atoms. The molecule has 1 aliphatic rings. The first kappa shape index (κ1) is 32.9. The fourth-order valence-electron chi connectivity index (χ4n) is 5.84. The van der Waals surface area contributed by atoms with Crippen molar-refractivity contribution in [1.29, 1.82) is 0 Å². The smallest absolute Gasteiger partial charge is 0.412 e. The maximum Gasteiger partial charge on any atom is 0.412 e. The fourth-order valence-corrected chi connectivity index (χ4v) is 5.84. The summed E-state index contributed by atoms with van der Waals surface area (Å²) in [5, 5.41) is 20.7. The molecule has 3 rings (SSSR count). The van der Waals surface area contributed by atoms with E-state index in [2.05, 4.69) is 78.8 Å². The van der Waals surface area contributed by atoms with Crippen molar-refractivity contribution in [3.8, 4) is 5.75 Å². The number of rotatable bonds is 10. The largest absolute Gasteiger partial charge is 0.491 e. The van der Waals surface area contributed by atoms with Gasteiger partial charge < -0.3 is 19.7 Å². The lowest BCUT2D eigenvalue weighted by Crippen LogP contribution is -2.61. The molecule has 1 fully saturated rings. The van der Waals surface area contributed by atoms with Crippen molar-refractivity contribution >= 4 is 6.09 Å². The molecular weight excluding hydrogens is 514 g/mol. The van der Waals surface area contributed by atoms with Crippen molar-refractivity contribution in [2.45, 2.75) is 131 Å². The minimum atomic E-state index is -0.838. The topological polar surface area (TPSA) is 79.2 Å². The van der Waals surface area contributed by atoms with E-state index in [0.717, 1.165) is 37.0 Å². The number of aryl methyl sites for hydroxylation is 3. The summed E-state index contributed by atoms with van der Waals surface area (Å²) in [4.78, 5) is 13.9. The molecule has 228 valence electrons. The quantitative estimate of drug-likeness (QED) is 0.312. The third-order valence-corrected chi connectivity index (χ3v) is 8.75. The number of aliphatic hydroxyl groups is 2. The van der Waals surface area contributed by atoms with Gasteiger partial charge in [0.25, 0.3) is 0 Å². The molecule has 1 saturated heterocycles. The molecule has 0 spiro atoms. The van der Waals surface area contributed by atoms with Crippen LogP contribution in [0.25, 0.3) is 0 Å². The summed E-state index contributed by atoms with van der Waals surface area (Å²) in [5.74, 6) is 0.782. The number of nitrogens with zero attached hydrogens (tertiary/aromatic N) is 1. The molecule has 6 heteroatoms. The summed E-state index contributed by atoms with van der Waals surface area (Å²) in [6.07, 6.45) is 2.34. The standard InChI is InChI=1S/C35H53NO5/c1-11-35(12-2,26-15-13-25(23(3)19-26)14-18-30(37)33(5,6)7)27-16-17-29(24(4)20-27)40-22-28-21-31(38)36(28)32(39)41-34(8,9)10/h13,15-17,19-20,28,30-31,37-38H,11-12,14,18,21-22H2,1-10H3/t28-,30?,31?/m1/s1. The van der Waals surface area contributed by atoms with Gasteiger partial charge in [0, 0.05) is 11.8 Å². The lowest BCUT2D eigenvalue weighted by molar-refractivity contribution is -0.123. The number of ether oxygens (including phenoxy) is 2. The molecule has 6 nitrogen and oxygen atoms in total. The number of aliphatic hydroxyl groups excluding tert-OH is 2. The predicted octanol–water partition coefficient (Wildman–Crippen LogP) is 7.46. The minimum absolute atomic E-state index is 0.113. The Bertz CT molecular complexity index is 1190. The number of benzene rings is 2. The molecule has 2 aromatic rings. The van der Waals surface area contributed by atoms with Crippen LogP contribution in [0.2, 0.25) is 0 Å². The summed E-state index contributed by atoms with van der Waals surface area (Å²) in [5.41, 5.74) is 5.32. The number of likely N-dealkylation sites (tertiary alicyclic amines) is 1. The fraction of sp³-hybridized carbons (Fsp3) is 0.629. The molecule has 2 N–H and O–H groups in total. The number of carbonyl (C=O) groups is 1. The van der Waals surface area contributed by atoms with Gasteiger partial charge in [0.2, 0.25) is 0 Å². The zero-order chi connectivity index (χ0) is 30.8. The maximum absolute atomic E-state index is 12.5. The monoisotopic (exact) mass is 567 g/mol. The van der Waals surface area contributed by atoms with Crippen LogP contribution >= 0.6 is 0 Å². The SMILES string of the molecule is CCC(CC)(c1ccc(CCC(O)C(C)(C)C)c(C)c1)c1ccc(OC[C@H]2CC(O)N2C(=O)OC(C)(C)C)c(C)c1. The van der Waals surface area contributed by atoms with E-state index in [-0.39, 0.29) is 23.0 Å². The van der Waals surface area contributed by atoms with Gasteiger partial charge in [-0.05, 0) is 99.6 Å². The maximum atomic E-state index is 12.5. The second-order valence-corrected chi connectivity index (χ2v) is 13.9. The van der Waals surface area contributed by atoms with Crippen LogP contribution in [0, 0.1) is 19.3 Å². The third kappa shape index (κ3) is 7.64. The molecule has 0 radical (unpaired) electrons. The Balaban J connectivity index is 1.75. The van der Waals surface area contributed by atoms with Gasteiger partial charge in [0.1, 0.15) is 24.2 Å². The van der Waals surface area contributed by atoms with Gasteiger partial charge >= 0.3 is 6.09 Å². The molecular formula is C35H53NO5. The van der Waals surface area contributed by atoms with E-state index in [0.29, 0.717) is 13.0 Å². The van der Waals surface area contributed by atoms with E-state index in [4.69, 9.17) is 9.47 Å². The van der Waals surface area contributed by atoms with Crippen molar-refractivity contribution < 1.29 is 24.5 Å². The molecule has 0 aromatic heterocycles. The van der Waals surface area contributed by atoms with E-state index in [1.54, 1.807) is 0 Å². The molecule has 1 heterocycles. The zero-order valence-electron chi connectivity index (χ0n) is 27.0. The van der Waals surface area contributed by atoms with Crippen LogP contribution in [0.5, 0.6) is 5.75 Å². The molecule has 1 amide bonds. The van der Waals surface area contributed by atoms with Crippen LogP contribution < -0.4 is 4.74 Å². The van der Waals surface area contributed by atoms with Gasteiger partial charge in [-0.2, -0.15) is 0 Å². The van der Waals surface area contributed by atoms with E-state index < -0.39 is 17.9 Å². The lowest BCUT2D eigenvalue weighted by atomic mass is 9.69. The van der Waals surface area contributed by atoms with Gasteiger partial charge in [-0.1, -0.05) is 65.0 Å². The molecule has 3 atom stereocenters. The van der Waals surface area contributed by atoms with E-state index in [1.807, 2.05) is 26.8 Å². The molecule has 2 unspecified atom stereocenters. The third-order valence-electron chi connectivity index (χ3n) is 8.75. The average Bonchev–Trinajstić information content (AvgIpc) is 2.85. The van der Waals surface area contributed by atoms with Gasteiger partial charge in [-0.15, -0.1) is 0 Å². The highest BCUT2D eigenvalue weighted by atomic mass is 16.6. The minimum Gasteiger partial charge on any atom is -0.491 e. The van der Waals surface area contributed by atoms with Crippen molar-refractivity contribution in [3.05, 3.63) is 64.2 Å². The van der Waals surface area contributed by atoms with Crippen LogP contribution in [0.3, 0.4) is 0 Å². The number of carbonyl (C=O) groups excluding carboxylic acids is 1. The molecule has 0 saturated carbocycles. The number of hydrogen-bond donors (Lipinski definition) is 2. The molecule has 41 heavy (non-hydrogen) atoms. The van der Waals surface area contributed by atoms with Gasteiger partial charge in [0.05, 0.1) is 12.1 Å². The predicted molar refractivity (Wildman–Crippen MR) is 165 cm³/mol. The lowest BCUT2D eigenvalue weighted by Gasteiger charge is -2.45. The molecule has 2 aromatic carbocycles. The molecule has 0 aliphatic carbocycles. The van der Waals surface area contributed by atoms with Gasteiger partial charge in [0.15, 0.2) is 0 Å². The van der Waals surface area contributed by atoms with Crippen LogP contribution in [0.1, 0.15) is 109 Å². The van der Waals surface area contributed by atoms with Gasteiger partial charge in [-0.3, -0.25) is 4.90 Å². The van der Waals surface area contributed by atoms with E-state index >= 15 is 0 Å². The van der Waals surface area contributed by atoms with Crippen molar-refractivity contribution in [2.75, 3.05) is 6.61 Å². The summed E-state index contributed by atoms with van der Waals surface area (Å²) in [7, 11) is 0. The highest BCUT2D eigenvalue weighted by Crippen LogP contribution is 2.41. The van der Waals surface area contributed by atoms with Crippen molar-refractivity contribution in [3.63, 3.8) is 0 Å². The Labute approximate surface area is 248 Å². The normalized spacial score (nSPS) is 18.6. The summed E-state index contributed by atoms with van der Waals surface area (Å²) in [6, 6.07) is 13.0. The van der Waals surface area contributed by atoms with Gasteiger partial charge in [-0.25, -0.2) is 4.79 Å².